The second-order valence-corrected chi connectivity index (χ2v) is 5.62. The van der Waals surface area contributed by atoms with Crippen LogP contribution in [0.1, 0.15) is 15.2 Å². The van der Waals surface area contributed by atoms with E-state index in [1.54, 1.807) is 18.2 Å². The number of carboxylic acid groups (broad SMARTS) is 1. The number of carbonyl (C=O) groups is 1. The van der Waals surface area contributed by atoms with Gasteiger partial charge in [-0.05, 0) is 35.2 Å². The highest BCUT2D eigenvalue weighted by molar-refractivity contribution is 7.10. The van der Waals surface area contributed by atoms with E-state index in [1.807, 2.05) is 17.5 Å². The SMILES string of the molecule is C=c1[nH]n(-c2cccc(C(=O)[O-])c2)c(=O)c1=Cc1cccs1. The number of aromatic nitrogens is 2. The van der Waals surface area contributed by atoms with E-state index < -0.39 is 5.97 Å². The van der Waals surface area contributed by atoms with Crippen LogP contribution in [0, 0.1) is 0 Å². The predicted octanol–water partition coefficient (Wildman–Crippen LogP) is -0.170. The molecule has 0 atom stereocenters. The van der Waals surface area contributed by atoms with Crippen LogP contribution in [0.4, 0.5) is 0 Å². The lowest BCUT2D eigenvalue weighted by Crippen LogP contribution is -2.33. The number of thiophene rings is 1. The molecular weight excluding hydrogens is 300 g/mol. The van der Waals surface area contributed by atoms with Crippen molar-refractivity contribution in [3.63, 3.8) is 0 Å². The van der Waals surface area contributed by atoms with Gasteiger partial charge in [0.1, 0.15) is 0 Å². The number of aromatic carboxylic acids is 1. The second kappa shape index (κ2) is 5.50. The van der Waals surface area contributed by atoms with Crippen LogP contribution in [0.25, 0.3) is 18.3 Å². The summed E-state index contributed by atoms with van der Waals surface area (Å²) in [5.41, 5.74) is 0.143. The molecule has 110 valence electrons. The van der Waals surface area contributed by atoms with Gasteiger partial charge in [-0.3, -0.25) is 9.89 Å². The van der Waals surface area contributed by atoms with Crippen molar-refractivity contribution < 1.29 is 9.90 Å². The first-order valence-corrected chi connectivity index (χ1v) is 7.31. The highest BCUT2D eigenvalue weighted by Crippen LogP contribution is 2.08. The molecule has 0 radical (unpaired) electrons. The van der Waals surface area contributed by atoms with Gasteiger partial charge in [0.2, 0.25) is 0 Å². The third-order valence-corrected chi connectivity index (χ3v) is 3.99. The molecule has 5 nitrogen and oxygen atoms in total. The predicted molar refractivity (Wildman–Crippen MR) is 83.4 cm³/mol. The Labute approximate surface area is 129 Å². The van der Waals surface area contributed by atoms with Crippen LogP contribution in [0.3, 0.4) is 0 Å². The largest absolute Gasteiger partial charge is 0.545 e. The van der Waals surface area contributed by atoms with Crippen molar-refractivity contribution >= 4 is 30.0 Å². The van der Waals surface area contributed by atoms with Crippen LogP contribution in [0.5, 0.6) is 0 Å². The lowest BCUT2D eigenvalue weighted by molar-refractivity contribution is -0.255. The van der Waals surface area contributed by atoms with Gasteiger partial charge in [-0.1, -0.05) is 24.8 Å². The molecule has 1 aromatic carbocycles. The van der Waals surface area contributed by atoms with Gasteiger partial charge in [0.25, 0.3) is 5.56 Å². The molecule has 0 unspecified atom stereocenters. The molecule has 1 N–H and O–H groups in total. The van der Waals surface area contributed by atoms with Gasteiger partial charge >= 0.3 is 0 Å². The van der Waals surface area contributed by atoms with Crippen molar-refractivity contribution in [1.29, 1.82) is 0 Å². The molecule has 22 heavy (non-hydrogen) atoms. The summed E-state index contributed by atoms with van der Waals surface area (Å²) in [5, 5.41) is 16.6. The summed E-state index contributed by atoms with van der Waals surface area (Å²) in [6, 6.07) is 9.78. The number of rotatable bonds is 3. The van der Waals surface area contributed by atoms with E-state index in [1.165, 1.54) is 28.2 Å². The molecule has 0 amide bonds. The first kappa shape index (κ1) is 14.1. The van der Waals surface area contributed by atoms with E-state index >= 15 is 0 Å². The molecular formula is C16H11N2O3S-. The van der Waals surface area contributed by atoms with Crippen molar-refractivity contribution in [2.24, 2.45) is 0 Å². The number of hydrogen-bond acceptors (Lipinski definition) is 4. The third kappa shape index (κ3) is 2.51. The Bertz CT molecular complexity index is 997. The lowest BCUT2D eigenvalue weighted by Gasteiger charge is -2.05. The molecule has 0 saturated carbocycles. The quantitative estimate of drug-likeness (QED) is 0.729. The van der Waals surface area contributed by atoms with E-state index in [0.29, 0.717) is 16.3 Å². The van der Waals surface area contributed by atoms with Crippen LogP contribution in [-0.2, 0) is 0 Å². The molecule has 0 aliphatic rings. The van der Waals surface area contributed by atoms with Gasteiger partial charge in [0.15, 0.2) is 0 Å². The van der Waals surface area contributed by atoms with E-state index in [0.717, 1.165) is 4.88 Å². The van der Waals surface area contributed by atoms with Crippen molar-refractivity contribution in [3.05, 3.63) is 73.1 Å². The third-order valence-electron chi connectivity index (χ3n) is 3.18. The van der Waals surface area contributed by atoms with Gasteiger partial charge in [0, 0.05) is 4.88 Å². The zero-order valence-electron chi connectivity index (χ0n) is 11.4. The maximum absolute atomic E-state index is 12.5. The van der Waals surface area contributed by atoms with Crippen molar-refractivity contribution in [2.75, 3.05) is 0 Å². The minimum Gasteiger partial charge on any atom is -0.545 e. The van der Waals surface area contributed by atoms with E-state index in [-0.39, 0.29) is 11.1 Å². The number of nitrogens with one attached hydrogen (secondary N) is 1. The number of carboxylic acids is 1. The molecule has 0 saturated heterocycles. The zero-order chi connectivity index (χ0) is 15.7. The van der Waals surface area contributed by atoms with E-state index in [9.17, 15) is 14.7 Å². The van der Waals surface area contributed by atoms with Crippen molar-refractivity contribution in [2.45, 2.75) is 0 Å². The Kier molecular flexibility index (Phi) is 3.52. The topological polar surface area (TPSA) is 77.9 Å². The number of nitrogens with zero attached hydrogens (tertiary/aromatic N) is 1. The molecule has 2 heterocycles. The molecule has 3 aromatic rings. The molecule has 0 spiro atoms. The van der Waals surface area contributed by atoms with Gasteiger partial charge in [-0.15, -0.1) is 11.3 Å². The highest BCUT2D eigenvalue weighted by atomic mass is 32.1. The molecule has 0 aliphatic heterocycles. The normalized spacial score (nSPS) is 11.7. The van der Waals surface area contributed by atoms with Crippen LogP contribution in [0.2, 0.25) is 0 Å². The van der Waals surface area contributed by atoms with Gasteiger partial charge in [-0.2, -0.15) is 0 Å². The maximum atomic E-state index is 12.5. The second-order valence-electron chi connectivity index (χ2n) is 4.64. The van der Waals surface area contributed by atoms with E-state index in [4.69, 9.17) is 0 Å². The molecule has 3 rings (SSSR count). The number of benzene rings is 1. The van der Waals surface area contributed by atoms with Gasteiger partial charge < -0.3 is 9.90 Å². The van der Waals surface area contributed by atoms with Gasteiger partial charge in [0.05, 0.1) is 22.2 Å². The highest BCUT2D eigenvalue weighted by Gasteiger charge is 2.06. The summed E-state index contributed by atoms with van der Waals surface area (Å²) in [5.74, 6) is -1.29. The Morgan fingerprint density at radius 2 is 2.14 bits per heavy atom. The molecule has 0 fully saturated rings. The zero-order valence-corrected chi connectivity index (χ0v) is 12.2. The Morgan fingerprint density at radius 3 is 2.82 bits per heavy atom. The first-order chi connectivity index (χ1) is 10.6. The van der Waals surface area contributed by atoms with Crippen LogP contribution in [-0.4, -0.2) is 15.7 Å². The summed E-state index contributed by atoms with van der Waals surface area (Å²) in [6.07, 6.45) is 1.75. The van der Waals surface area contributed by atoms with Crippen molar-refractivity contribution in [3.8, 4) is 5.69 Å². The Morgan fingerprint density at radius 1 is 1.32 bits per heavy atom. The molecule has 0 bridgehead atoms. The van der Waals surface area contributed by atoms with Crippen molar-refractivity contribution in [1.82, 2.24) is 9.78 Å². The lowest BCUT2D eigenvalue weighted by atomic mass is 10.2. The summed E-state index contributed by atoms with van der Waals surface area (Å²) in [6.45, 7) is 3.83. The minimum absolute atomic E-state index is 0.00778. The molecule has 6 heteroatoms. The van der Waals surface area contributed by atoms with E-state index in [2.05, 4.69) is 11.7 Å². The van der Waals surface area contributed by atoms with Crippen LogP contribution in [0.15, 0.2) is 46.6 Å². The summed E-state index contributed by atoms with van der Waals surface area (Å²) in [7, 11) is 0. The summed E-state index contributed by atoms with van der Waals surface area (Å²) in [4.78, 5) is 24.4. The monoisotopic (exact) mass is 311 g/mol. The number of aromatic amines is 1. The average Bonchev–Trinajstić information content (AvgIpc) is 3.11. The Hall–Kier alpha value is -2.86. The first-order valence-electron chi connectivity index (χ1n) is 6.43. The number of carbonyl (C=O) groups excluding carboxylic acids is 1. The summed E-state index contributed by atoms with van der Waals surface area (Å²) < 4.78 is 1.27. The number of H-pyrrole nitrogens is 1. The fourth-order valence-electron chi connectivity index (χ4n) is 2.11. The van der Waals surface area contributed by atoms with Crippen LogP contribution >= 0.6 is 11.3 Å². The molecule has 0 aliphatic carbocycles. The standard InChI is InChI=1S/C16H12N2O3S/c1-10-14(9-13-6-3-7-22-13)15(19)18(17-10)12-5-2-4-11(8-12)16(20)21/h2-9,17H,1H2,(H,20,21)/p-1. The summed E-state index contributed by atoms with van der Waals surface area (Å²) >= 11 is 1.52. The fraction of sp³-hybridized carbons (Fsp3) is 0. The fourth-order valence-corrected chi connectivity index (χ4v) is 2.77. The smallest absolute Gasteiger partial charge is 0.279 e. The molecule has 2 aromatic heterocycles. The Balaban J connectivity index is 2.19. The maximum Gasteiger partial charge on any atom is 0.279 e. The van der Waals surface area contributed by atoms with Gasteiger partial charge in [-0.25, -0.2) is 4.68 Å². The minimum atomic E-state index is -1.29. The average molecular weight is 311 g/mol. The van der Waals surface area contributed by atoms with Crippen LogP contribution < -0.4 is 21.2 Å². The number of hydrogen-bond donors (Lipinski definition) is 1.